The van der Waals surface area contributed by atoms with E-state index in [4.69, 9.17) is 4.74 Å². The number of hydrogen-bond donors (Lipinski definition) is 1. The number of nitrogens with zero attached hydrogens (tertiary/aromatic N) is 2. The Hall–Kier alpha value is -2.07. The number of fused-ring (bicyclic) bond motifs is 1. The minimum Gasteiger partial charge on any atom is -0.490 e. The van der Waals surface area contributed by atoms with Crippen LogP contribution >= 0.6 is 0 Å². The molecule has 1 N–H and O–H groups in total. The van der Waals surface area contributed by atoms with Gasteiger partial charge in [-0.2, -0.15) is 0 Å². The lowest BCUT2D eigenvalue weighted by Gasteiger charge is -2.23. The lowest BCUT2D eigenvalue weighted by atomic mass is 9.96. The molecule has 3 unspecified atom stereocenters. The summed E-state index contributed by atoms with van der Waals surface area (Å²) in [5.74, 6) is 1.73. The molecule has 2 saturated heterocycles. The van der Waals surface area contributed by atoms with E-state index in [0.29, 0.717) is 11.5 Å². The van der Waals surface area contributed by atoms with Crippen LogP contribution in [-0.4, -0.2) is 37.3 Å². The van der Waals surface area contributed by atoms with Crippen molar-refractivity contribution in [3.05, 3.63) is 54.4 Å². The van der Waals surface area contributed by atoms with Gasteiger partial charge in [0.1, 0.15) is 12.4 Å². The number of aromatic nitrogens is 1. The van der Waals surface area contributed by atoms with Gasteiger partial charge in [-0.25, -0.2) is 0 Å². The van der Waals surface area contributed by atoms with E-state index in [1.54, 1.807) is 0 Å². The van der Waals surface area contributed by atoms with Gasteiger partial charge >= 0.3 is 0 Å². The summed E-state index contributed by atoms with van der Waals surface area (Å²) in [7, 11) is 0. The molecule has 1 saturated carbocycles. The Labute approximate surface area is 155 Å². The quantitative estimate of drug-likeness (QED) is 0.868. The summed E-state index contributed by atoms with van der Waals surface area (Å²) < 4.78 is 6.00. The van der Waals surface area contributed by atoms with E-state index in [1.165, 1.54) is 36.9 Å². The van der Waals surface area contributed by atoms with Crippen molar-refractivity contribution in [2.24, 2.45) is 11.3 Å². The normalized spacial score (nSPS) is 29.6. The summed E-state index contributed by atoms with van der Waals surface area (Å²) in [6.07, 6.45) is 8.87. The second-order valence-electron chi connectivity index (χ2n) is 8.29. The molecule has 4 nitrogen and oxygen atoms in total. The Bertz CT molecular complexity index is 759. The van der Waals surface area contributed by atoms with Crippen LogP contribution in [0.3, 0.4) is 0 Å². The first-order valence-corrected chi connectivity index (χ1v) is 9.91. The van der Waals surface area contributed by atoms with Crippen molar-refractivity contribution < 1.29 is 4.74 Å². The highest BCUT2D eigenvalue weighted by Crippen LogP contribution is 2.60. The molecular formula is C22H27N3O. The van der Waals surface area contributed by atoms with Gasteiger partial charge in [0, 0.05) is 25.2 Å². The number of ether oxygens (including phenoxy) is 1. The first-order chi connectivity index (χ1) is 12.8. The predicted molar refractivity (Wildman–Crippen MR) is 104 cm³/mol. The fraction of sp³-hybridized carbons (Fsp3) is 0.500. The van der Waals surface area contributed by atoms with Crippen LogP contribution in [0.5, 0.6) is 5.75 Å². The Kier molecular flexibility index (Phi) is 4.08. The Balaban J connectivity index is 1.23. The molecule has 3 aliphatic rings. The highest BCUT2D eigenvalue weighted by Gasteiger charge is 2.59. The zero-order valence-corrected chi connectivity index (χ0v) is 15.2. The van der Waals surface area contributed by atoms with Gasteiger partial charge in [-0.1, -0.05) is 30.3 Å². The number of hydrogen-bond acceptors (Lipinski definition) is 4. The molecule has 2 aliphatic heterocycles. The molecule has 1 aromatic carbocycles. The van der Waals surface area contributed by atoms with Crippen molar-refractivity contribution in [1.82, 2.24) is 10.3 Å². The highest BCUT2D eigenvalue weighted by molar-refractivity contribution is 5.51. The van der Waals surface area contributed by atoms with Crippen molar-refractivity contribution in [1.29, 1.82) is 0 Å². The number of nitrogens with one attached hydrogen (secondary N) is 1. The van der Waals surface area contributed by atoms with Gasteiger partial charge in [-0.05, 0) is 49.1 Å². The third kappa shape index (κ3) is 3.18. The average molecular weight is 349 g/mol. The maximum atomic E-state index is 6.00. The third-order valence-electron chi connectivity index (χ3n) is 6.38. The fourth-order valence-electron chi connectivity index (χ4n) is 4.82. The molecular weight excluding hydrogens is 322 g/mol. The van der Waals surface area contributed by atoms with E-state index < -0.39 is 0 Å². The second kappa shape index (κ2) is 6.58. The standard InChI is InChI=1S/C22H27N3O/c1-2-5-17(6-3-1)10-22-11-18(22)14-25(16-22)20-9-21(13-23-12-20)26-15-19-7-4-8-24-19/h1-3,5-6,9,12-13,18-19,24H,4,7-8,10-11,14-16H2. The van der Waals surface area contributed by atoms with Gasteiger partial charge in [0.2, 0.25) is 0 Å². The largest absolute Gasteiger partial charge is 0.490 e. The number of anilines is 1. The monoisotopic (exact) mass is 349 g/mol. The van der Waals surface area contributed by atoms with E-state index in [2.05, 4.69) is 51.6 Å². The minimum absolute atomic E-state index is 0.478. The van der Waals surface area contributed by atoms with Gasteiger partial charge in [0.15, 0.2) is 0 Å². The summed E-state index contributed by atoms with van der Waals surface area (Å²) >= 11 is 0. The van der Waals surface area contributed by atoms with Crippen molar-refractivity contribution in [3.8, 4) is 5.75 Å². The SMILES string of the molecule is c1ccc(CC23CC2CN(c2cncc(OCC4CCCN4)c2)C3)cc1. The van der Waals surface area contributed by atoms with Crippen molar-refractivity contribution in [2.75, 3.05) is 31.1 Å². The molecule has 3 heterocycles. The molecule has 1 aromatic heterocycles. The zero-order chi connectivity index (χ0) is 17.4. The van der Waals surface area contributed by atoms with E-state index in [-0.39, 0.29) is 0 Å². The summed E-state index contributed by atoms with van der Waals surface area (Å²) in [4.78, 5) is 6.94. The van der Waals surface area contributed by atoms with Gasteiger partial charge in [0.05, 0.1) is 18.1 Å². The van der Waals surface area contributed by atoms with Crippen LogP contribution in [0.25, 0.3) is 0 Å². The maximum absolute atomic E-state index is 6.00. The fourth-order valence-corrected chi connectivity index (χ4v) is 4.82. The number of piperidine rings is 1. The first kappa shape index (κ1) is 16.1. The Morgan fingerprint density at radius 3 is 3.00 bits per heavy atom. The van der Waals surface area contributed by atoms with Crippen LogP contribution in [0.1, 0.15) is 24.8 Å². The lowest BCUT2D eigenvalue weighted by molar-refractivity contribution is 0.276. The van der Waals surface area contributed by atoms with Crippen LogP contribution in [-0.2, 0) is 6.42 Å². The number of rotatable bonds is 6. The first-order valence-electron chi connectivity index (χ1n) is 9.91. The third-order valence-corrected chi connectivity index (χ3v) is 6.38. The van der Waals surface area contributed by atoms with E-state index in [0.717, 1.165) is 37.9 Å². The molecule has 3 fully saturated rings. The van der Waals surface area contributed by atoms with E-state index >= 15 is 0 Å². The van der Waals surface area contributed by atoms with Crippen LogP contribution in [0, 0.1) is 11.3 Å². The summed E-state index contributed by atoms with van der Waals surface area (Å²) in [5, 5.41) is 3.48. The van der Waals surface area contributed by atoms with Gasteiger partial charge in [-0.3, -0.25) is 4.98 Å². The summed E-state index contributed by atoms with van der Waals surface area (Å²) in [6.45, 7) is 4.15. The van der Waals surface area contributed by atoms with Gasteiger partial charge in [0.25, 0.3) is 0 Å². The van der Waals surface area contributed by atoms with Crippen LogP contribution in [0.15, 0.2) is 48.8 Å². The molecule has 2 aromatic rings. The smallest absolute Gasteiger partial charge is 0.139 e. The van der Waals surface area contributed by atoms with E-state index in [9.17, 15) is 0 Å². The molecule has 0 amide bonds. The van der Waals surface area contributed by atoms with Crippen molar-refractivity contribution in [2.45, 2.75) is 31.7 Å². The summed E-state index contributed by atoms with van der Waals surface area (Å²) in [5.41, 5.74) is 3.16. The second-order valence-corrected chi connectivity index (χ2v) is 8.29. The molecule has 4 heteroatoms. The molecule has 0 spiro atoms. The van der Waals surface area contributed by atoms with Crippen LogP contribution in [0.2, 0.25) is 0 Å². The lowest BCUT2D eigenvalue weighted by Crippen LogP contribution is -2.28. The van der Waals surface area contributed by atoms with E-state index in [1.807, 2.05) is 12.4 Å². The van der Waals surface area contributed by atoms with Crippen LogP contribution < -0.4 is 15.0 Å². The maximum Gasteiger partial charge on any atom is 0.139 e. The molecule has 0 bridgehead atoms. The highest BCUT2D eigenvalue weighted by atomic mass is 16.5. The molecule has 0 radical (unpaired) electrons. The van der Waals surface area contributed by atoms with Crippen LogP contribution in [0.4, 0.5) is 5.69 Å². The minimum atomic E-state index is 0.478. The molecule has 1 aliphatic carbocycles. The molecule has 26 heavy (non-hydrogen) atoms. The van der Waals surface area contributed by atoms with Crippen molar-refractivity contribution in [3.63, 3.8) is 0 Å². The average Bonchev–Trinajstić information content (AvgIpc) is 3.05. The van der Waals surface area contributed by atoms with Gasteiger partial charge in [-0.15, -0.1) is 0 Å². The number of pyridine rings is 1. The van der Waals surface area contributed by atoms with Crippen molar-refractivity contribution >= 4 is 5.69 Å². The topological polar surface area (TPSA) is 37.4 Å². The summed E-state index contributed by atoms with van der Waals surface area (Å²) in [6, 6.07) is 13.6. The number of benzene rings is 1. The Morgan fingerprint density at radius 2 is 2.15 bits per heavy atom. The molecule has 136 valence electrons. The van der Waals surface area contributed by atoms with Gasteiger partial charge < -0.3 is 15.0 Å². The molecule has 3 atom stereocenters. The Morgan fingerprint density at radius 1 is 1.23 bits per heavy atom. The molecule has 5 rings (SSSR count). The predicted octanol–water partition coefficient (Wildman–Crippen LogP) is 3.28. The zero-order valence-electron chi connectivity index (χ0n) is 15.2.